The Morgan fingerprint density at radius 2 is 0.443 bits per heavy atom. The molecule has 11 aromatic rings. The maximum absolute atomic E-state index is 2.40. The van der Waals surface area contributed by atoms with E-state index in [0.29, 0.717) is 0 Å². The minimum absolute atomic E-state index is 1.09. The summed E-state index contributed by atoms with van der Waals surface area (Å²) in [6.07, 6.45) is 4.35. The highest BCUT2D eigenvalue weighted by Crippen LogP contribution is 2.46. The fourth-order valence-corrected chi connectivity index (χ4v) is 9.69. The molecule has 0 spiro atoms. The van der Waals surface area contributed by atoms with Gasteiger partial charge in [0, 0.05) is 51.2 Å². The second-order valence-corrected chi connectivity index (χ2v) is 18.7. The number of nitrogens with zero attached hydrogens (tertiary/aromatic N) is 3. The van der Waals surface area contributed by atoms with Crippen LogP contribution in [-0.4, -0.2) is 0 Å². The largest absolute Gasteiger partial charge is 0.310 e. The Kier molecular flexibility index (Phi) is 11.8. The molecule has 0 aliphatic rings. The molecule has 0 unspecified atom stereocenters. The van der Waals surface area contributed by atoms with Crippen LogP contribution in [0.2, 0.25) is 0 Å². The highest BCUT2D eigenvalue weighted by atomic mass is 15.2. The summed E-state index contributed by atoms with van der Waals surface area (Å²) >= 11 is 0. The fourth-order valence-electron chi connectivity index (χ4n) is 9.69. The Morgan fingerprint density at radius 3 is 0.714 bits per heavy atom. The van der Waals surface area contributed by atoms with Crippen molar-refractivity contribution in [2.75, 3.05) is 14.7 Å². The third-order valence-electron chi connectivity index (χ3n) is 13.5. The van der Waals surface area contributed by atoms with Crippen molar-refractivity contribution in [1.29, 1.82) is 0 Å². The lowest BCUT2D eigenvalue weighted by atomic mass is 9.92. The van der Waals surface area contributed by atoms with Crippen LogP contribution in [0.15, 0.2) is 231 Å². The quantitative estimate of drug-likeness (QED) is 0.0946. The summed E-state index contributed by atoms with van der Waals surface area (Å²) in [6, 6.07) is 84.8. The van der Waals surface area contributed by atoms with E-state index in [2.05, 4.69) is 292 Å². The molecule has 0 heterocycles. The zero-order valence-electron chi connectivity index (χ0n) is 40.4. The topological polar surface area (TPSA) is 9.72 Å². The highest BCUT2D eigenvalue weighted by Gasteiger charge is 2.20. The maximum Gasteiger partial charge on any atom is 0.0468 e. The molecule has 0 aliphatic heterocycles. The number of benzene rings is 11. The van der Waals surface area contributed by atoms with Gasteiger partial charge in [0.15, 0.2) is 0 Å². The second kappa shape index (κ2) is 18.8. The van der Waals surface area contributed by atoms with Crippen molar-refractivity contribution in [2.45, 2.75) is 34.6 Å². The lowest BCUT2D eigenvalue weighted by molar-refractivity contribution is 1.27. The average molecular weight is 902 g/mol. The Morgan fingerprint density at radius 1 is 0.214 bits per heavy atom. The van der Waals surface area contributed by atoms with E-state index in [-0.39, 0.29) is 0 Å². The number of anilines is 9. The molecule has 0 aromatic heterocycles. The molecule has 0 saturated heterocycles. The number of hydrogen-bond donors (Lipinski definition) is 0. The minimum Gasteiger partial charge on any atom is -0.310 e. The smallest absolute Gasteiger partial charge is 0.0468 e. The standard InChI is InChI=1S/C67H55N3/c1-46-11-25-53(26-12-46)68(54-27-13-47(2)14-28-54)59-37-40-62-65-43-60(69(55-29-15-48(3)16-30-55)56-31-17-49(4)18-32-56)38-41-63(65)67-45-61(39-42-64(67)66(62)44-59)70(57-33-19-50(5)20-34-57)58-35-23-52(24-36-58)22-21-51-9-7-6-8-10-51/h6-45H,1-5H3/b22-21+. The Labute approximate surface area is 412 Å². The van der Waals surface area contributed by atoms with Crippen molar-refractivity contribution >= 4 is 95.7 Å². The summed E-state index contributed by atoms with van der Waals surface area (Å²) < 4.78 is 0. The molecule has 11 aromatic carbocycles. The van der Waals surface area contributed by atoms with Gasteiger partial charge in [-0.1, -0.05) is 161 Å². The molecule has 0 N–H and O–H groups in total. The van der Waals surface area contributed by atoms with Gasteiger partial charge in [0.2, 0.25) is 0 Å². The van der Waals surface area contributed by atoms with Gasteiger partial charge in [-0.05, 0) is 187 Å². The van der Waals surface area contributed by atoms with Gasteiger partial charge in [-0.3, -0.25) is 0 Å². The molecular formula is C67H55N3. The first-order valence-corrected chi connectivity index (χ1v) is 24.2. The van der Waals surface area contributed by atoms with E-state index in [1.165, 1.54) is 65.7 Å². The zero-order chi connectivity index (χ0) is 47.7. The average Bonchev–Trinajstić information content (AvgIpc) is 3.39. The number of fused-ring (bicyclic) bond motifs is 6. The Hall–Kier alpha value is -8.66. The van der Waals surface area contributed by atoms with Crippen molar-refractivity contribution in [3.8, 4) is 0 Å². The molecule has 3 nitrogen and oxygen atoms in total. The van der Waals surface area contributed by atoms with Gasteiger partial charge in [0.1, 0.15) is 0 Å². The van der Waals surface area contributed by atoms with Gasteiger partial charge in [-0.2, -0.15) is 0 Å². The van der Waals surface area contributed by atoms with Crippen LogP contribution in [0.1, 0.15) is 38.9 Å². The van der Waals surface area contributed by atoms with Crippen LogP contribution in [0.3, 0.4) is 0 Å². The van der Waals surface area contributed by atoms with Crippen molar-refractivity contribution < 1.29 is 0 Å². The number of rotatable bonds is 11. The fraction of sp³-hybridized carbons (Fsp3) is 0.0746. The summed E-state index contributed by atoms with van der Waals surface area (Å²) in [5.41, 5.74) is 18.4. The first-order chi connectivity index (χ1) is 34.2. The summed E-state index contributed by atoms with van der Waals surface area (Å²) in [5, 5.41) is 7.19. The lowest BCUT2D eigenvalue weighted by Crippen LogP contribution is -2.11. The van der Waals surface area contributed by atoms with Crippen LogP contribution >= 0.6 is 0 Å². The molecule has 0 saturated carbocycles. The predicted molar refractivity (Wildman–Crippen MR) is 302 cm³/mol. The van der Waals surface area contributed by atoms with E-state index in [4.69, 9.17) is 0 Å². The van der Waals surface area contributed by atoms with Crippen molar-refractivity contribution in [3.63, 3.8) is 0 Å². The van der Waals surface area contributed by atoms with Crippen molar-refractivity contribution in [1.82, 2.24) is 0 Å². The molecule has 0 aliphatic carbocycles. The molecular weight excluding hydrogens is 847 g/mol. The maximum atomic E-state index is 2.40. The van der Waals surface area contributed by atoms with Crippen molar-refractivity contribution in [3.05, 3.63) is 269 Å². The number of aryl methyl sites for hydroxylation is 5. The molecule has 70 heavy (non-hydrogen) atoms. The van der Waals surface area contributed by atoms with Gasteiger partial charge in [0.05, 0.1) is 0 Å². The lowest BCUT2D eigenvalue weighted by Gasteiger charge is -2.28. The SMILES string of the molecule is Cc1ccc(N(c2ccc(C)cc2)c2ccc3c(c2)c2ccc(N(c4ccc(C)cc4)c4ccc(C)cc4)cc2c2ccc(N(c4ccc(C)cc4)c4ccc(/C=C/c5ccccc5)cc4)cc32)cc1. The van der Waals surface area contributed by atoms with E-state index < -0.39 is 0 Å². The first-order valence-electron chi connectivity index (χ1n) is 24.2. The molecule has 0 amide bonds. The molecule has 0 bridgehead atoms. The van der Waals surface area contributed by atoms with E-state index in [1.54, 1.807) is 0 Å². The Balaban J connectivity index is 1.14. The minimum atomic E-state index is 1.09. The van der Waals surface area contributed by atoms with E-state index in [9.17, 15) is 0 Å². The summed E-state index contributed by atoms with van der Waals surface area (Å²) in [6.45, 7) is 10.7. The normalized spacial score (nSPS) is 11.4. The first kappa shape index (κ1) is 43.9. The molecule has 0 atom stereocenters. The van der Waals surface area contributed by atoms with Gasteiger partial charge >= 0.3 is 0 Å². The summed E-state index contributed by atoms with van der Waals surface area (Å²) in [5.74, 6) is 0. The molecule has 0 fully saturated rings. The van der Waals surface area contributed by atoms with E-state index in [0.717, 1.165) is 56.7 Å². The van der Waals surface area contributed by atoms with E-state index in [1.807, 2.05) is 0 Å². The Bertz CT molecular complexity index is 3430. The van der Waals surface area contributed by atoms with Gasteiger partial charge < -0.3 is 14.7 Å². The molecule has 0 radical (unpaired) electrons. The van der Waals surface area contributed by atoms with Crippen LogP contribution in [0, 0.1) is 34.6 Å². The second-order valence-electron chi connectivity index (χ2n) is 18.7. The molecule has 338 valence electrons. The van der Waals surface area contributed by atoms with Gasteiger partial charge in [-0.25, -0.2) is 0 Å². The zero-order valence-corrected chi connectivity index (χ0v) is 40.4. The highest BCUT2D eigenvalue weighted by molar-refractivity contribution is 6.27. The summed E-state index contributed by atoms with van der Waals surface area (Å²) in [7, 11) is 0. The number of hydrogen-bond acceptors (Lipinski definition) is 3. The van der Waals surface area contributed by atoms with Crippen LogP contribution in [0.5, 0.6) is 0 Å². The molecule has 11 rings (SSSR count). The van der Waals surface area contributed by atoms with Crippen LogP contribution in [0.4, 0.5) is 51.2 Å². The van der Waals surface area contributed by atoms with Crippen LogP contribution in [0.25, 0.3) is 44.5 Å². The van der Waals surface area contributed by atoms with Gasteiger partial charge in [0.25, 0.3) is 0 Å². The summed E-state index contributed by atoms with van der Waals surface area (Å²) in [4.78, 5) is 7.15. The van der Waals surface area contributed by atoms with Crippen LogP contribution < -0.4 is 14.7 Å². The van der Waals surface area contributed by atoms with Crippen molar-refractivity contribution in [2.24, 2.45) is 0 Å². The monoisotopic (exact) mass is 901 g/mol. The predicted octanol–water partition coefficient (Wildman–Crippen LogP) is 19.3. The third-order valence-corrected chi connectivity index (χ3v) is 13.5. The van der Waals surface area contributed by atoms with Gasteiger partial charge in [-0.15, -0.1) is 0 Å². The third kappa shape index (κ3) is 8.82. The van der Waals surface area contributed by atoms with Crippen LogP contribution in [-0.2, 0) is 0 Å². The molecule has 3 heteroatoms. The van der Waals surface area contributed by atoms with E-state index >= 15 is 0 Å².